The molecule has 0 amide bonds. The maximum Gasteiger partial charge on any atom is 0.178 e. The number of rotatable bonds is 4. The molecule has 2 aromatic carbocycles. The normalized spacial score (nSPS) is 11.7. The van der Waals surface area contributed by atoms with Gasteiger partial charge in [-0.3, -0.25) is 0 Å². The van der Waals surface area contributed by atoms with E-state index in [-0.39, 0.29) is 22.6 Å². The topological polar surface area (TPSA) is 80.4 Å². The van der Waals surface area contributed by atoms with Crippen LogP contribution in [0.15, 0.2) is 45.8 Å². The number of nitrogens with zero attached hydrogens (tertiary/aromatic N) is 1. The van der Waals surface area contributed by atoms with Crippen LogP contribution in [0, 0.1) is 18.6 Å². The average molecular weight is 379 g/mol. The fourth-order valence-corrected chi connectivity index (χ4v) is 3.43. The molecule has 3 aromatic rings. The molecule has 0 atom stereocenters. The Bertz CT molecular complexity index is 1090. The molecule has 0 saturated heterocycles. The summed E-state index contributed by atoms with van der Waals surface area (Å²) in [6.45, 7) is 1.28. The Morgan fingerprint density at radius 2 is 1.88 bits per heavy atom. The Morgan fingerprint density at radius 1 is 1.15 bits per heavy atom. The van der Waals surface area contributed by atoms with Gasteiger partial charge in [-0.15, -0.1) is 0 Å². The molecule has 0 bridgehead atoms. The zero-order valence-electron chi connectivity index (χ0n) is 14.0. The second-order valence-corrected chi connectivity index (χ2v) is 7.88. The molecule has 1 aromatic heterocycles. The minimum absolute atomic E-state index is 0.0492. The van der Waals surface area contributed by atoms with Gasteiger partial charge < -0.3 is 9.63 Å². The predicted octanol–water partition coefficient (Wildman–Crippen LogP) is 3.49. The molecule has 8 heteroatoms. The van der Waals surface area contributed by atoms with Crippen molar-refractivity contribution in [2.24, 2.45) is 0 Å². The number of aryl methyl sites for hydroxylation is 1. The number of aliphatic hydroxyl groups excluding tert-OH is 1. The van der Waals surface area contributed by atoms with Crippen LogP contribution in [0.4, 0.5) is 8.78 Å². The van der Waals surface area contributed by atoms with Gasteiger partial charge in [0, 0.05) is 17.4 Å². The van der Waals surface area contributed by atoms with Crippen molar-refractivity contribution in [3.05, 3.63) is 59.4 Å². The maximum absolute atomic E-state index is 14.6. The fraction of sp³-hybridized carbons (Fsp3) is 0.167. The summed E-state index contributed by atoms with van der Waals surface area (Å²) in [5.74, 6) is -2.10. The molecular weight excluding hydrogens is 364 g/mol. The number of hydrogen-bond acceptors (Lipinski definition) is 5. The number of sulfone groups is 1. The Labute approximate surface area is 148 Å². The number of aromatic nitrogens is 1. The van der Waals surface area contributed by atoms with Gasteiger partial charge in [0.05, 0.1) is 5.56 Å². The summed E-state index contributed by atoms with van der Waals surface area (Å²) < 4.78 is 57.2. The standard InChI is InChI=1S/C18H15F2NO4S/c1-10-4-3-5-11(6-10)18-17(15(9-22)25-21-18)12-7-14(20)16(8-13(12)19)26(2,23)24/h3-8,22H,9H2,1-2H3. The molecule has 0 aliphatic carbocycles. The van der Waals surface area contributed by atoms with E-state index in [0.29, 0.717) is 11.6 Å². The van der Waals surface area contributed by atoms with Crippen LogP contribution in [0.1, 0.15) is 11.3 Å². The summed E-state index contributed by atoms with van der Waals surface area (Å²) in [6, 6.07) is 8.52. The van der Waals surface area contributed by atoms with E-state index in [2.05, 4.69) is 5.16 Å². The molecular formula is C18H15F2NO4S. The molecule has 0 radical (unpaired) electrons. The third kappa shape index (κ3) is 3.25. The van der Waals surface area contributed by atoms with Gasteiger partial charge in [0.15, 0.2) is 15.6 Å². The summed E-state index contributed by atoms with van der Waals surface area (Å²) in [4.78, 5) is -0.738. The van der Waals surface area contributed by atoms with Crippen LogP contribution in [0.5, 0.6) is 0 Å². The molecule has 26 heavy (non-hydrogen) atoms. The molecule has 0 unspecified atom stereocenters. The average Bonchev–Trinajstić information content (AvgIpc) is 2.99. The lowest BCUT2D eigenvalue weighted by molar-refractivity contribution is 0.230. The van der Waals surface area contributed by atoms with Crippen molar-refractivity contribution in [1.82, 2.24) is 5.16 Å². The van der Waals surface area contributed by atoms with Crippen molar-refractivity contribution in [2.75, 3.05) is 6.26 Å². The second kappa shape index (κ2) is 6.62. The van der Waals surface area contributed by atoms with Crippen LogP contribution < -0.4 is 0 Å². The quantitative estimate of drug-likeness (QED) is 0.751. The number of hydrogen-bond donors (Lipinski definition) is 1. The van der Waals surface area contributed by atoms with E-state index in [0.717, 1.165) is 17.9 Å². The number of halogens is 2. The molecule has 0 aliphatic heterocycles. The lowest BCUT2D eigenvalue weighted by atomic mass is 9.98. The first kappa shape index (κ1) is 18.2. The molecule has 5 nitrogen and oxygen atoms in total. The highest BCUT2D eigenvalue weighted by Gasteiger charge is 2.25. The third-order valence-corrected chi connectivity index (χ3v) is 5.00. The molecule has 0 aliphatic rings. The second-order valence-electron chi connectivity index (χ2n) is 5.89. The largest absolute Gasteiger partial charge is 0.388 e. The lowest BCUT2D eigenvalue weighted by Crippen LogP contribution is -2.03. The van der Waals surface area contributed by atoms with Gasteiger partial charge in [-0.25, -0.2) is 17.2 Å². The van der Waals surface area contributed by atoms with Crippen molar-refractivity contribution >= 4 is 9.84 Å². The maximum atomic E-state index is 14.6. The zero-order valence-corrected chi connectivity index (χ0v) is 14.8. The monoisotopic (exact) mass is 379 g/mol. The lowest BCUT2D eigenvalue weighted by Gasteiger charge is -2.09. The van der Waals surface area contributed by atoms with Gasteiger partial charge in [-0.2, -0.15) is 0 Å². The van der Waals surface area contributed by atoms with Gasteiger partial charge in [0.1, 0.15) is 28.8 Å². The minimum Gasteiger partial charge on any atom is -0.388 e. The summed E-state index contributed by atoms with van der Waals surface area (Å²) in [6.07, 6.45) is 0.793. The van der Waals surface area contributed by atoms with E-state index in [4.69, 9.17) is 4.52 Å². The smallest absolute Gasteiger partial charge is 0.178 e. The first-order valence-electron chi connectivity index (χ1n) is 7.58. The van der Waals surface area contributed by atoms with Crippen LogP contribution in [-0.4, -0.2) is 24.9 Å². The van der Waals surface area contributed by atoms with E-state index in [1.54, 1.807) is 18.2 Å². The van der Waals surface area contributed by atoms with E-state index in [1.165, 1.54) is 0 Å². The third-order valence-electron chi connectivity index (χ3n) is 3.89. The Kier molecular flexibility index (Phi) is 4.64. The van der Waals surface area contributed by atoms with Crippen molar-refractivity contribution < 1.29 is 26.8 Å². The van der Waals surface area contributed by atoms with Crippen LogP contribution in [0.3, 0.4) is 0 Å². The van der Waals surface area contributed by atoms with Crippen LogP contribution in [0.25, 0.3) is 22.4 Å². The SMILES string of the molecule is Cc1cccc(-c2noc(CO)c2-c2cc(F)c(S(C)(=O)=O)cc2F)c1. The summed E-state index contributed by atoms with van der Waals surface area (Å²) in [5.41, 5.74) is 1.57. The highest BCUT2D eigenvalue weighted by molar-refractivity contribution is 7.90. The molecule has 1 heterocycles. The van der Waals surface area contributed by atoms with Gasteiger partial charge in [-0.1, -0.05) is 28.9 Å². The Morgan fingerprint density at radius 3 is 2.50 bits per heavy atom. The summed E-state index contributed by atoms with van der Waals surface area (Å²) in [5, 5.41) is 13.4. The van der Waals surface area contributed by atoms with Crippen molar-refractivity contribution in [1.29, 1.82) is 0 Å². The Balaban J connectivity index is 2.28. The predicted molar refractivity (Wildman–Crippen MR) is 91.1 cm³/mol. The first-order valence-corrected chi connectivity index (χ1v) is 9.47. The number of benzene rings is 2. The molecule has 3 rings (SSSR count). The molecule has 136 valence electrons. The van der Waals surface area contributed by atoms with Crippen LogP contribution >= 0.6 is 0 Å². The van der Waals surface area contributed by atoms with Gasteiger partial charge >= 0.3 is 0 Å². The molecule has 0 saturated carbocycles. The summed E-state index contributed by atoms with van der Waals surface area (Å²) in [7, 11) is -3.93. The van der Waals surface area contributed by atoms with Crippen LogP contribution in [0.2, 0.25) is 0 Å². The molecule has 0 spiro atoms. The van der Waals surface area contributed by atoms with Gasteiger partial charge in [-0.05, 0) is 25.1 Å². The number of aliphatic hydroxyl groups is 1. The minimum atomic E-state index is -3.93. The Hall–Kier alpha value is -2.58. The molecule has 0 fully saturated rings. The van der Waals surface area contributed by atoms with E-state index >= 15 is 0 Å². The van der Waals surface area contributed by atoms with Crippen molar-refractivity contribution in [2.45, 2.75) is 18.4 Å². The van der Waals surface area contributed by atoms with Crippen molar-refractivity contribution in [3.63, 3.8) is 0 Å². The van der Waals surface area contributed by atoms with E-state index in [1.807, 2.05) is 13.0 Å². The zero-order chi connectivity index (χ0) is 19.1. The highest BCUT2D eigenvalue weighted by Crippen LogP contribution is 2.37. The van der Waals surface area contributed by atoms with E-state index in [9.17, 15) is 22.3 Å². The van der Waals surface area contributed by atoms with Gasteiger partial charge in [0.25, 0.3) is 0 Å². The summed E-state index contributed by atoms with van der Waals surface area (Å²) >= 11 is 0. The molecule has 1 N–H and O–H groups in total. The highest BCUT2D eigenvalue weighted by atomic mass is 32.2. The van der Waals surface area contributed by atoms with Crippen molar-refractivity contribution in [3.8, 4) is 22.4 Å². The van der Waals surface area contributed by atoms with E-state index < -0.39 is 33.0 Å². The van der Waals surface area contributed by atoms with Crippen LogP contribution in [-0.2, 0) is 16.4 Å². The first-order chi connectivity index (χ1) is 12.2. The fourth-order valence-electron chi connectivity index (χ4n) is 2.70. The van der Waals surface area contributed by atoms with Gasteiger partial charge in [0.2, 0.25) is 0 Å².